The second-order valence-corrected chi connectivity index (χ2v) is 4.18. The first-order chi connectivity index (χ1) is 5.40. The molecule has 1 aliphatic rings. The van der Waals surface area contributed by atoms with Gasteiger partial charge in [0.15, 0.2) is 0 Å². The van der Waals surface area contributed by atoms with E-state index in [1.807, 2.05) is 16.8 Å². The summed E-state index contributed by atoms with van der Waals surface area (Å²) in [5, 5.41) is 0. The quantitative estimate of drug-likeness (QED) is 0.626. The molecule has 0 N–H and O–H groups in total. The van der Waals surface area contributed by atoms with Gasteiger partial charge in [0.05, 0.1) is 11.2 Å². The Hall–Kier alpha value is -0.370. The van der Waals surface area contributed by atoms with Gasteiger partial charge in [0.2, 0.25) is 0 Å². The van der Waals surface area contributed by atoms with E-state index in [1.165, 1.54) is 36.3 Å². The maximum Gasteiger partial charge on any atom is 0.0797 e. The average Bonchev–Trinajstić information content (AvgIpc) is 2.50. The first-order valence-corrected chi connectivity index (χ1v) is 5.19. The summed E-state index contributed by atoms with van der Waals surface area (Å²) in [6, 6.07) is 0. The summed E-state index contributed by atoms with van der Waals surface area (Å²) in [5.74, 6) is 0.907. The first-order valence-electron chi connectivity index (χ1n) is 4.31. The van der Waals surface area contributed by atoms with Crippen molar-refractivity contribution >= 4 is 11.3 Å². The minimum atomic E-state index is 0.907. The number of hydrogen-bond donors (Lipinski definition) is 0. The van der Waals surface area contributed by atoms with Crippen molar-refractivity contribution in [2.75, 3.05) is 0 Å². The van der Waals surface area contributed by atoms with Gasteiger partial charge in [-0.1, -0.05) is 13.3 Å². The van der Waals surface area contributed by atoms with Crippen LogP contribution >= 0.6 is 11.3 Å². The van der Waals surface area contributed by atoms with E-state index in [0.717, 1.165) is 5.92 Å². The summed E-state index contributed by atoms with van der Waals surface area (Å²) in [6.07, 6.45) is 5.20. The zero-order valence-corrected chi connectivity index (χ0v) is 7.66. The van der Waals surface area contributed by atoms with Crippen LogP contribution in [0.1, 0.15) is 30.3 Å². The summed E-state index contributed by atoms with van der Waals surface area (Å²) >= 11 is 1.83. The average molecular weight is 167 g/mol. The molecule has 0 aliphatic heterocycles. The number of aryl methyl sites for hydroxylation is 1. The molecule has 1 heterocycles. The fourth-order valence-corrected chi connectivity index (χ4v) is 2.54. The molecule has 0 saturated carbocycles. The lowest BCUT2D eigenvalue weighted by Crippen LogP contribution is -2.11. The van der Waals surface area contributed by atoms with Gasteiger partial charge in [0, 0.05) is 4.88 Å². The van der Waals surface area contributed by atoms with Gasteiger partial charge in [-0.2, -0.15) is 0 Å². The van der Waals surface area contributed by atoms with E-state index in [9.17, 15) is 0 Å². The maximum absolute atomic E-state index is 4.37. The minimum Gasteiger partial charge on any atom is -0.249 e. The molecule has 0 fully saturated rings. The van der Waals surface area contributed by atoms with Crippen LogP contribution in [-0.4, -0.2) is 4.98 Å². The van der Waals surface area contributed by atoms with Gasteiger partial charge in [-0.25, -0.2) is 4.98 Å². The molecule has 0 aromatic carbocycles. The number of rotatable bonds is 1. The molecule has 2 rings (SSSR count). The van der Waals surface area contributed by atoms with E-state index in [4.69, 9.17) is 0 Å². The van der Waals surface area contributed by atoms with Gasteiger partial charge in [0.1, 0.15) is 0 Å². The Morgan fingerprint density at radius 1 is 1.73 bits per heavy atom. The third-order valence-electron chi connectivity index (χ3n) is 2.56. The lowest BCUT2D eigenvalue weighted by molar-refractivity contribution is 0.443. The molecule has 0 bridgehead atoms. The molecule has 0 spiro atoms. The predicted octanol–water partition coefficient (Wildman–Crippen LogP) is 2.66. The molecular weight excluding hydrogens is 154 g/mol. The van der Waals surface area contributed by atoms with Crippen molar-refractivity contribution in [3.05, 3.63) is 16.1 Å². The van der Waals surface area contributed by atoms with E-state index >= 15 is 0 Å². The second kappa shape index (κ2) is 2.94. The molecule has 2 heteroatoms. The summed E-state index contributed by atoms with van der Waals surface area (Å²) < 4.78 is 0. The van der Waals surface area contributed by atoms with Gasteiger partial charge in [-0.3, -0.25) is 0 Å². The molecule has 0 unspecified atom stereocenters. The monoisotopic (exact) mass is 167 g/mol. The van der Waals surface area contributed by atoms with Gasteiger partial charge < -0.3 is 0 Å². The number of nitrogens with zero attached hydrogens (tertiary/aromatic N) is 1. The van der Waals surface area contributed by atoms with E-state index in [2.05, 4.69) is 11.9 Å². The molecule has 60 valence electrons. The zero-order valence-electron chi connectivity index (χ0n) is 6.84. The van der Waals surface area contributed by atoms with E-state index < -0.39 is 0 Å². The van der Waals surface area contributed by atoms with Crippen LogP contribution in [0, 0.1) is 5.92 Å². The Bertz CT molecular complexity index is 241. The highest BCUT2D eigenvalue weighted by molar-refractivity contribution is 7.09. The Labute approximate surface area is 71.5 Å². The van der Waals surface area contributed by atoms with Crippen LogP contribution in [0.25, 0.3) is 0 Å². The van der Waals surface area contributed by atoms with Crippen LogP contribution in [0.4, 0.5) is 0 Å². The van der Waals surface area contributed by atoms with E-state index in [0.29, 0.717) is 0 Å². The molecule has 0 amide bonds. The largest absolute Gasteiger partial charge is 0.249 e. The first kappa shape index (κ1) is 7.29. The highest BCUT2D eigenvalue weighted by Crippen LogP contribution is 2.28. The Kier molecular flexibility index (Phi) is 1.95. The van der Waals surface area contributed by atoms with Crippen LogP contribution < -0.4 is 0 Å². The molecule has 1 nitrogen and oxygen atoms in total. The molecule has 1 aliphatic carbocycles. The lowest BCUT2D eigenvalue weighted by Gasteiger charge is -2.18. The zero-order chi connectivity index (χ0) is 7.68. The fourth-order valence-electron chi connectivity index (χ4n) is 1.72. The van der Waals surface area contributed by atoms with Crippen LogP contribution in [0.5, 0.6) is 0 Å². The standard InChI is InChI=1S/C9H13NS/c1-2-7-3-4-9-8(5-7)10-6-11-9/h6-7H,2-5H2,1H3/t7-/m0/s1. The third kappa shape index (κ3) is 1.32. The van der Waals surface area contributed by atoms with Crippen LogP contribution in [0.15, 0.2) is 5.51 Å². The van der Waals surface area contributed by atoms with Gasteiger partial charge >= 0.3 is 0 Å². The van der Waals surface area contributed by atoms with Crippen molar-refractivity contribution in [2.45, 2.75) is 32.6 Å². The molecule has 1 aromatic heterocycles. The summed E-state index contributed by atoms with van der Waals surface area (Å²) in [4.78, 5) is 5.91. The Morgan fingerprint density at radius 2 is 2.64 bits per heavy atom. The Balaban J connectivity index is 2.18. The number of hydrogen-bond acceptors (Lipinski definition) is 2. The van der Waals surface area contributed by atoms with Crippen molar-refractivity contribution in [2.24, 2.45) is 5.92 Å². The topological polar surface area (TPSA) is 12.9 Å². The molecular formula is C9H13NS. The van der Waals surface area contributed by atoms with Gasteiger partial charge in [-0.15, -0.1) is 11.3 Å². The van der Waals surface area contributed by atoms with E-state index in [1.54, 1.807) is 0 Å². The van der Waals surface area contributed by atoms with Crippen molar-refractivity contribution in [3.8, 4) is 0 Å². The number of thiazole rings is 1. The van der Waals surface area contributed by atoms with Crippen molar-refractivity contribution in [3.63, 3.8) is 0 Å². The molecule has 1 atom stereocenters. The second-order valence-electron chi connectivity index (χ2n) is 3.24. The summed E-state index contributed by atoms with van der Waals surface area (Å²) in [6.45, 7) is 2.28. The maximum atomic E-state index is 4.37. The highest BCUT2D eigenvalue weighted by atomic mass is 32.1. The minimum absolute atomic E-state index is 0.907. The fraction of sp³-hybridized carbons (Fsp3) is 0.667. The third-order valence-corrected chi connectivity index (χ3v) is 3.50. The summed E-state index contributed by atoms with van der Waals surface area (Å²) in [7, 11) is 0. The van der Waals surface area contributed by atoms with Gasteiger partial charge in [-0.05, 0) is 25.2 Å². The molecule has 1 aromatic rings. The van der Waals surface area contributed by atoms with Crippen LogP contribution in [0.3, 0.4) is 0 Å². The molecule has 0 radical (unpaired) electrons. The van der Waals surface area contributed by atoms with Crippen LogP contribution in [-0.2, 0) is 12.8 Å². The SMILES string of the molecule is CC[C@H]1CCc2scnc2C1. The molecule has 11 heavy (non-hydrogen) atoms. The normalized spacial score (nSPS) is 23.2. The van der Waals surface area contributed by atoms with Crippen LogP contribution in [0.2, 0.25) is 0 Å². The molecule has 0 saturated heterocycles. The van der Waals surface area contributed by atoms with Gasteiger partial charge in [0.25, 0.3) is 0 Å². The predicted molar refractivity (Wildman–Crippen MR) is 47.9 cm³/mol. The van der Waals surface area contributed by atoms with Crippen molar-refractivity contribution in [1.29, 1.82) is 0 Å². The highest BCUT2D eigenvalue weighted by Gasteiger charge is 2.18. The smallest absolute Gasteiger partial charge is 0.0797 e. The summed E-state index contributed by atoms with van der Waals surface area (Å²) in [5.41, 5.74) is 3.37. The van der Waals surface area contributed by atoms with Crippen molar-refractivity contribution in [1.82, 2.24) is 4.98 Å². The van der Waals surface area contributed by atoms with Crippen molar-refractivity contribution < 1.29 is 0 Å². The number of aromatic nitrogens is 1. The lowest BCUT2D eigenvalue weighted by atomic mass is 9.89. The van der Waals surface area contributed by atoms with E-state index in [-0.39, 0.29) is 0 Å². The number of fused-ring (bicyclic) bond motifs is 1. The Morgan fingerprint density at radius 3 is 3.45 bits per heavy atom.